The zero-order valence-electron chi connectivity index (χ0n) is 10.8. The van der Waals surface area contributed by atoms with E-state index in [0.29, 0.717) is 6.54 Å². The van der Waals surface area contributed by atoms with E-state index in [2.05, 4.69) is 17.6 Å². The molecule has 2 rings (SSSR count). The van der Waals surface area contributed by atoms with Crippen molar-refractivity contribution in [2.24, 2.45) is 5.41 Å². The molecule has 4 heteroatoms. The van der Waals surface area contributed by atoms with Crippen LogP contribution in [0.2, 0.25) is 0 Å². The summed E-state index contributed by atoms with van der Waals surface area (Å²) in [5.74, 6) is 0.211. The SMILES string of the molecule is CCC1(C(=O)NCC2CCCO2)CCCNC1. The predicted molar refractivity (Wildman–Crippen MR) is 66.8 cm³/mol. The molecule has 2 atom stereocenters. The van der Waals surface area contributed by atoms with E-state index in [-0.39, 0.29) is 17.4 Å². The van der Waals surface area contributed by atoms with E-state index in [1.54, 1.807) is 0 Å². The number of ether oxygens (including phenoxy) is 1. The molecule has 0 aliphatic carbocycles. The van der Waals surface area contributed by atoms with E-state index in [1.165, 1.54) is 0 Å². The van der Waals surface area contributed by atoms with Crippen LogP contribution in [0.3, 0.4) is 0 Å². The van der Waals surface area contributed by atoms with Crippen LogP contribution in [0.15, 0.2) is 0 Å². The van der Waals surface area contributed by atoms with Gasteiger partial charge in [0.2, 0.25) is 5.91 Å². The molecular weight excluding hydrogens is 216 g/mol. The minimum atomic E-state index is -0.184. The van der Waals surface area contributed by atoms with Crippen molar-refractivity contribution >= 4 is 5.91 Å². The molecule has 2 aliphatic rings. The third-order valence-corrected chi connectivity index (χ3v) is 4.15. The van der Waals surface area contributed by atoms with E-state index in [4.69, 9.17) is 4.74 Å². The first-order valence-corrected chi connectivity index (χ1v) is 6.87. The van der Waals surface area contributed by atoms with Gasteiger partial charge in [-0.05, 0) is 38.6 Å². The summed E-state index contributed by atoms with van der Waals surface area (Å²) in [5.41, 5.74) is -0.184. The molecule has 0 aromatic carbocycles. The van der Waals surface area contributed by atoms with Crippen LogP contribution in [-0.4, -0.2) is 38.3 Å². The quantitative estimate of drug-likeness (QED) is 0.772. The molecule has 0 spiro atoms. The van der Waals surface area contributed by atoms with Crippen LogP contribution in [0.25, 0.3) is 0 Å². The third-order valence-electron chi connectivity index (χ3n) is 4.15. The molecule has 2 saturated heterocycles. The highest BCUT2D eigenvalue weighted by atomic mass is 16.5. The lowest BCUT2D eigenvalue weighted by atomic mass is 9.77. The number of rotatable bonds is 4. The summed E-state index contributed by atoms with van der Waals surface area (Å²) in [6.07, 6.45) is 5.47. The maximum Gasteiger partial charge on any atom is 0.227 e. The van der Waals surface area contributed by atoms with Crippen molar-refractivity contribution in [1.82, 2.24) is 10.6 Å². The van der Waals surface area contributed by atoms with Crippen molar-refractivity contribution in [1.29, 1.82) is 0 Å². The van der Waals surface area contributed by atoms with Crippen molar-refractivity contribution in [3.63, 3.8) is 0 Å². The maximum atomic E-state index is 12.3. The summed E-state index contributed by atoms with van der Waals surface area (Å²) < 4.78 is 5.53. The fourth-order valence-electron chi connectivity index (χ4n) is 2.82. The Balaban J connectivity index is 1.83. The van der Waals surface area contributed by atoms with Crippen molar-refractivity contribution < 1.29 is 9.53 Å². The molecule has 4 nitrogen and oxygen atoms in total. The van der Waals surface area contributed by atoms with Crippen molar-refractivity contribution in [2.75, 3.05) is 26.2 Å². The molecule has 0 saturated carbocycles. The van der Waals surface area contributed by atoms with E-state index in [1.807, 2.05) is 0 Å². The molecule has 2 heterocycles. The fraction of sp³-hybridized carbons (Fsp3) is 0.923. The summed E-state index contributed by atoms with van der Waals surface area (Å²) >= 11 is 0. The van der Waals surface area contributed by atoms with Crippen LogP contribution in [0.5, 0.6) is 0 Å². The van der Waals surface area contributed by atoms with Gasteiger partial charge < -0.3 is 15.4 Å². The third kappa shape index (κ3) is 2.99. The summed E-state index contributed by atoms with van der Waals surface area (Å²) in [6.45, 7) is 5.50. The zero-order valence-corrected chi connectivity index (χ0v) is 10.8. The Hall–Kier alpha value is -0.610. The van der Waals surface area contributed by atoms with Crippen LogP contribution in [0, 0.1) is 5.41 Å². The highest BCUT2D eigenvalue weighted by Crippen LogP contribution is 2.30. The Morgan fingerprint density at radius 3 is 3.00 bits per heavy atom. The van der Waals surface area contributed by atoms with Gasteiger partial charge in [0.1, 0.15) is 0 Å². The van der Waals surface area contributed by atoms with Crippen molar-refractivity contribution in [3.8, 4) is 0 Å². The van der Waals surface area contributed by atoms with Gasteiger partial charge in [0.05, 0.1) is 11.5 Å². The molecule has 98 valence electrons. The number of nitrogens with one attached hydrogen (secondary N) is 2. The summed E-state index contributed by atoms with van der Waals surface area (Å²) in [4.78, 5) is 12.3. The fourth-order valence-corrected chi connectivity index (χ4v) is 2.82. The van der Waals surface area contributed by atoms with Gasteiger partial charge in [-0.1, -0.05) is 6.92 Å². The smallest absolute Gasteiger partial charge is 0.227 e. The highest BCUT2D eigenvalue weighted by Gasteiger charge is 2.37. The largest absolute Gasteiger partial charge is 0.376 e. The molecule has 0 aromatic rings. The van der Waals surface area contributed by atoms with Gasteiger partial charge >= 0.3 is 0 Å². The molecule has 17 heavy (non-hydrogen) atoms. The lowest BCUT2D eigenvalue weighted by Gasteiger charge is -2.35. The van der Waals surface area contributed by atoms with Crippen LogP contribution in [-0.2, 0) is 9.53 Å². The zero-order chi connectivity index (χ0) is 12.1. The summed E-state index contributed by atoms with van der Waals surface area (Å²) in [7, 11) is 0. The predicted octanol–water partition coefficient (Wildman–Crippen LogP) is 1.06. The van der Waals surface area contributed by atoms with Crippen LogP contribution in [0.4, 0.5) is 0 Å². The number of hydrogen-bond acceptors (Lipinski definition) is 3. The van der Waals surface area contributed by atoms with Crippen LogP contribution >= 0.6 is 0 Å². The minimum Gasteiger partial charge on any atom is -0.376 e. The highest BCUT2D eigenvalue weighted by molar-refractivity contribution is 5.83. The average molecular weight is 240 g/mol. The molecule has 2 unspecified atom stereocenters. The first kappa shape index (κ1) is 12.8. The van der Waals surface area contributed by atoms with Crippen LogP contribution in [0.1, 0.15) is 39.0 Å². The molecule has 1 amide bonds. The minimum absolute atomic E-state index is 0.184. The van der Waals surface area contributed by atoms with Gasteiger partial charge in [-0.3, -0.25) is 4.79 Å². The standard InChI is InChI=1S/C13H24N2O2/c1-2-13(6-4-7-14-10-13)12(16)15-9-11-5-3-8-17-11/h11,14H,2-10H2,1H3,(H,15,16). The number of piperidine rings is 1. The summed E-state index contributed by atoms with van der Waals surface area (Å²) in [6, 6.07) is 0. The second-order valence-electron chi connectivity index (χ2n) is 5.26. The normalized spacial score (nSPS) is 33.6. The molecule has 0 radical (unpaired) electrons. The van der Waals surface area contributed by atoms with E-state index >= 15 is 0 Å². The van der Waals surface area contributed by atoms with Gasteiger partial charge in [-0.25, -0.2) is 0 Å². The Kier molecular flexibility index (Phi) is 4.40. The molecule has 0 bridgehead atoms. The van der Waals surface area contributed by atoms with E-state index in [9.17, 15) is 4.79 Å². The van der Waals surface area contributed by atoms with Gasteiger partial charge in [-0.15, -0.1) is 0 Å². The first-order chi connectivity index (χ1) is 8.27. The van der Waals surface area contributed by atoms with E-state index < -0.39 is 0 Å². The lowest BCUT2D eigenvalue weighted by Crippen LogP contribution is -2.51. The molecule has 2 N–H and O–H groups in total. The number of amides is 1. The second kappa shape index (κ2) is 5.83. The van der Waals surface area contributed by atoms with Gasteiger partial charge in [0.15, 0.2) is 0 Å². The Labute approximate surface area is 103 Å². The van der Waals surface area contributed by atoms with Crippen molar-refractivity contribution in [3.05, 3.63) is 0 Å². The van der Waals surface area contributed by atoms with Gasteiger partial charge in [0, 0.05) is 19.7 Å². The Morgan fingerprint density at radius 1 is 1.53 bits per heavy atom. The second-order valence-corrected chi connectivity index (χ2v) is 5.26. The molecular formula is C13H24N2O2. The van der Waals surface area contributed by atoms with Crippen molar-refractivity contribution in [2.45, 2.75) is 45.1 Å². The topological polar surface area (TPSA) is 50.4 Å². The maximum absolute atomic E-state index is 12.3. The number of hydrogen-bond donors (Lipinski definition) is 2. The monoisotopic (exact) mass is 240 g/mol. The first-order valence-electron chi connectivity index (χ1n) is 6.87. The lowest BCUT2D eigenvalue weighted by molar-refractivity contribution is -0.132. The molecule has 2 aliphatic heterocycles. The summed E-state index contributed by atoms with van der Waals surface area (Å²) in [5, 5.41) is 6.43. The average Bonchev–Trinajstić information content (AvgIpc) is 2.90. The molecule has 2 fully saturated rings. The molecule has 0 aromatic heterocycles. The van der Waals surface area contributed by atoms with Gasteiger partial charge in [0.25, 0.3) is 0 Å². The van der Waals surface area contributed by atoms with E-state index in [0.717, 1.165) is 51.8 Å². The Morgan fingerprint density at radius 2 is 2.41 bits per heavy atom. The number of carbonyl (C=O) groups is 1. The number of carbonyl (C=O) groups excluding carboxylic acids is 1. The van der Waals surface area contributed by atoms with Gasteiger partial charge in [-0.2, -0.15) is 0 Å². The van der Waals surface area contributed by atoms with Crippen LogP contribution < -0.4 is 10.6 Å². The Bertz CT molecular complexity index is 256.